The zero-order valence-electron chi connectivity index (χ0n) is 11.7. The molecule has 1 atom stereocenters. The van der Waals surface area contributed by atoms with Crippen molar-refractivity contribution in [3.63, 3.8) is 0 Å². The van der Waals surface area contributed by atoms with E-state index in [1.165, 1.54) is 11.8 Å². The monoisotopic (exact) mass is 316 g/mol. The summed E-state index contributed by atoms with van der Waals surface area (Å²) in [6, 6.07) is 4.86. The summed E-state index contributed by atoms with van der Waals surface area (Å²) in [6.45, 7) is 5.36. The molecule has 0 radical (unpaired) electrons. The number of hydrogen-bond acceptors (Lipinski definition) is 2. The lowest BCUT2D eigenvalue weighted by atomic mass is 10.2. The first-order valence-electron chi connectivity index (χ1n) is 6.37. The van der Waals surface area contributed by atoms with Crippen molar-refractivity contribution in [2.45, 2.75) is 33.2 Å². The number of rotatable bonds is 5. The van der Waals surface area contributed by atoms with Crippen LogP contribution in [0.5, 0.6) is 0 Å². The largest absolute Gasteiger partial charge is 0.331 e. The molecular weight excluding hydrogens is 299 g/mol. The van der Waals surface area contributed by atoms with Crippen molar-refractivity contribution in [1.82, 2.24) is 4.90 Å². The van der Waals surface area contributed by atoms with Gasteiger partial charge in [0.2, 0.25) is 11.8 Å². The van der Waals surface area contributed by atoms with Crippen molar-refractivity contribution in [3.8, 4) is 0 Å². The zero-order valence-corrected chi connectivity index (χ0v) is 13.3. The van der Waals surface area contributed by atoms with Crippen molar-refractivity contribution in [1.29, 1.82) is 0 Å². The van der Waals surface area contributed by atoms with E-state index in [0.29, 0.717) is 15.7 Å². The van der Waals surface area contributed by atoms with E-state index in [0.717, 1.165) is 6.42 Å². The van der Waals surface area contributed by atoms with Crippen molar-refractivity contribution in [2.75, 3.05) is 11.9 Å². The van der Waals surface area contributed by atoms with Crippen LogP contribution in [0.3, 0.4) is 0 Å². The average molecular weight is 317 g/mol. The number of benzene rings is 1. The predicted molar refractivity (Wildman–Crippen MR) is 82.2 cm³/mol. The van der Waals surface area contributed by atoms with Gasteiger partial charge in [-0.3, -0.25) is 9.59 Å². The third-order valence-electron chi connectivity index (χ3n) is 3.04. The Balaban J connectivity index is 2.70. The summed E-state index contributed by atoms with van der Waals surface area (Å²) in [5, 5.41) is 3.49. The molecule has 0 aliphatic rings. The Labute approximate surface area is 129 Å². The molecule has 0 heterocycles. The van der Waals surface area contributed by atoms with Gasteiger partial charge >= 0.3 is 0 Å². The lowest BCUT2D eigenvalue weighted by Crippen LogP contribution is -2.42. The van der Waals surface area contributed by atoms with E-state index < -0.39 is 0 Å². The molecule has 0 aliphatic carbocycles. The van der Waals surface area contributed by atoms with Gasteiger partial charge in [-0.25, -0.2) is 0 Å². The Morgan fingerprint density at radius 3 is 2.45 bits per heavy atom. The van der Waals surface area contributed by atoms with Gasteiger partial charge < -0.3 is 10.2 Å². The van der Waals surface area contributed by atoms with Crippen molar-refractivity contribution >= 4 is 40.7 Å². The first-order chi connectivity index (χ1) is 9.35. The molecule has 0 fully saturated rings. The topological polar surface area (TPSA) is 49.4 Å². The second-order valence-electron chi connectivity index (χ2n) is 4.58. The third kappa shape index (κ3) is 4.69. The van der Waals surface area contributed by atoms with E-state index in [1.54, 1.807) is 18.2 Å². The molecule has 0 aliphatic heterocycles. The van der Waals surface area contributed by atoms with Crippen LogP contribution in [0.15, 0.2) is 18.2 Å². The molecule has 110 valence electrons. The molecule has 2 amide bonds. The number of anilines is 1. The Morgan fingerprint density at radius 2 is 1.95 bits per heavy atom. The molecular formula is C14H18Cl2N2O2. The van der Waals surface area contributed by atoms with Gasteiger partial charge in [0.15, 0.2) is 0 Å². The van der Waals surface area contributed by atoms with Crippen LogP contribution >= 0.6 is 23.2 Å². The number of carbonyl (C=O) groups is 2. The highest BCUT2D eigenvalue weighted by molar-refractivity contribution is 6.42. The smallest absolute Gasteiger partial charge is 0.244 e. The molecule has 0 saturated carbocycles. The van der Waals surface area contributed by atoms with Gasteiger partial charge in [-0.05, 0) is 31.5 Å². The van der Waals surface area contributed by atoms with E-state index in [-0.39, 0.29) is 24.4 Å². The minimum absolute atomic E-state index is 0.0184. The molecule has 0 bridgehead atoms. The van der Waals surface area contributed by atoms with Gasteiger partial charge in [-0.1, -0.05) is 30.1 Å². The normalized spacial score (nSPS) is 11.8. The van der Waals surface area contributed by atoms with E-state index in [1.807, 2.05) is 13.8 Å². The molecule has 1 rings (SSSR count). The van der Waals surface area contributed by atoms with Crippen LogP contribution in [0.25, 0.3) is 0 Å². The van der Waals surface area contributed by atoms with E-state index in [4.69, 9.17) is 23.2 Å². The lowest BCUT2D eigenvalue weighted by molar-refractivity contribution is -0.134. The number of hydrogen-bond donors (Lipinski definition) is 1. The number of nitrogens with zero attached hydrogens (tertiary/aromatic N) is 1. The fraction of sp³-hybridized carbons (Fsp3) is 0.429. The molecule has 0 aromatic heterocycles. The summed E-state index contributed by atoms with van der Waals surface area (Å²) >= 11 is 11.7. The molecule has 1 unspecified atom stereocenters. The van der Waals surface area contributed by atoms with Gasteiger partial charge in [-0.15, -0.1) is 0 Å². The standard InChI is InChI=1S/C14H18Cl2N2O2/c1-4-9(2)18(10(3)19)8-14(20)17-11-5-6-12(15)13(16)7-11/h5-7,9H,4,8H2,1-3H3,(H,17,20). The van der Waals surface area contributed by atoms with Crippen LogP contribution in [0.2, 0.25) is 10.0 Å². The Kier molecular flexibility index (Phi) is 6.30. The zero-order chi connectivity index (χ0) is 15.3. The van der Waals surface area contributed by atoms with E-state index in [2.05, 4.69) is 5.32 Å². The first kappa shape index (κ1) is 16.8. The van der Waals surface area contributed by atoms with Crippen LogP contribution in [-0.4, -0.2) is 29.3 Å². The molecule has 0 saturated heterocycles. The summed E-state index contributed by atoms with van der Waals surface area (Å²) in [7, 11) is 0. The summed E-state index contributed by atoms with van der Waals surface area (Å²) in [5.41, 5.74) is 0.553. The second kappa shape index (κ2) is 7.50. The van der Waals surface area contributed by atoms with Gasteiger partial charge in [-0.2, -0.15) is 0 Å². The maximum atomic E-state index is 12.0. The maximum absolute atomic E-state index is 12.0. The Morgan fingerprint density at radius 1 is 1.30 bits per heavy atom. The molecule has 20 heavy (non-hydrogen) atoms. The summed E-state index contributed by atoms with van der Waals surface area (Å²) in [4.78, 5) is 25.0. The van der Waals surface area contributed by atoms with Crippen LogP contribution in [0.1, 0.15) is 27.2 Å². The minimum Gasteiger partial charge on any atom is -0.331 e. The first-order valence-corrected chi connectivity index (χ1v) is 7.12. The fourth-order valence-electron chi connectivity index (χ4n) is 1.73. The molecule has 1 aromatic carbocycles. The highest BCUT2D eigenvalue weighted by atomic mass is 35.5. The lowest BCUT2D eigenvalue weighted by Gasteiger charge is -2.26. The summed E-state index contributed by atoms with van der Waals surface area (Å²) in [5.74, 6) is -0.387. The number of nitrogens with one attached hydrogen (secondary N) is 1. The van der Waals surface area contributed by atoms with Crippen molar-refractivity contribution < 1.29 is 9.59 Å². The highest BCUT2D eigenvalue weighted by Gasteiger charge is 2.18. The van der Waals surface area contributed by atoms with Crippen LogP contribution in [-0.2, 0) is 9.59 Å². The van der Waals surface area contributed by atoms with Crippen LogP contribution in [0.4, 0.5) is 5.69 Å². The highest BCUT2D eigenvalue weighted by Crippen LogP contribution is 2.24. The van der Waals surface area contributed by atoms with Gasteiger partial charge in [0.05, 0.1) is 10.0 Å². The predicted octanol–water partition coefficient (Wildman–Crippen LogP) is 3.58. The fourth-order valence-corrected chi connectivity index (χ4v) is 2.03. The Hall–Kier alpha value is -1.26. The summed E-state index contributed by atoms with van der Waals surface area (Å²) in [6.07, 6.45) is 0.791. The summed E-state index contributed by atoms with van der Waals surface area (Å²) < 4.78 is 0. The Bertz CT molecular complexity index is 506. The van der Waals surface area contributed by atoms with Crippen molar-refractivity contribution in [2.24, 2.45) is 0 Å². The molecule has 0 spiro atoms. The van der Waals surface area contributed by atoms with E-state index >= 15 is 0 Å². The maximum Gasteiger partial charge on any atom is 0.244 e. The molecule has 1 N–H and O–H groups in total. The average Bonchev–Trinajstić information content (AvgIpc) is 2.39. The van der Waals surface area contributed by atoms with E-state index in [9.17, 15) is 9.59 Å². The quantitative estimate of drug-likeness (QED) is 0.902. The van der Waals surface area contributed by atoms with Gasteiger partial charge in [0, 0.05) is 18.7 Å². The molecule has 6 heteroatoms. The SMILES string of the molecule is CCC(C)N(CC(=O)Nc1ccc(Cl)c(Cl)c1)C(C)=O. The van der Waals surface area contributed by atoms with Gasteiger partial charge in [0.25, 0.3) is 0 Å². The third-order valence-corrected chi connectivity index (χ3v) is 3.78. The number of halogens is 2. The second-order valence-corrected chi connectivity index (χ2v) is 5.40. The van der Waals surface area contributed by atoms with Crippen LogP contribution < -0.4 is 5.32 Å². The number of amides is 2. The number of carbonyl (C=O) groups excluding carboxylic acids is 2. The van der Waals surface area contributed by atoms with Crippen LogP contribution in [0, 0.1) is 0 Å². The van der Waals surface area contributed by atoms with Gasteiger partial charge in [0.1, 0.15) is 6.54 Å². The van der Waals surface area contributed by atoms with Crippen molar-refractivity contribution in [3.05, 3.63) is 28.2 Å². The molecule has 4 nitrogen and oxygen atoms in total. The minimum atomic E-state index is -0.265. The molecule has 1 aromatic rings.